The van der Waals surface area contributed by atoms with Crippen LogP contribution in [0.3, 0.4) is 0 Å². The average Bonchev–Trinajstić information content (AvgIpc) is 2.77. The van der Waals surface area contributed by atoms with Crippen LogP contribution in [0.2, 0.25) is 0 Å². The van der Waals surface area contributed by atoms with Crippen molar-refractivity contribution in [2.45, 2.75) is 19.4 Å². The summed E-state index contributed by atoms with van der Waals surface area (Å²) in [7, 11) is 0. The van der Waals surface area contributed by atoms with E-state index < -0.39 is 18.0 Å². The summed E-state index contributed by atoms with van der Waals surface area (Å²) in [5.41, 5.74) is -0.0378. The highest BCUT2D eigenvalue weighted by Gasteiger charge is 2.20. The van der Waals surface area contributed by atoms with Gasteiger partial charge in [-0.1, -0.05) is 0 Å². The van der Waals surface area contributed by atoms with Gasteiger partial charge in [-0.05, 0) is 6.92 Å². The van der Waals surface area contributed by atoms with E-state index in [9.17, 15) is 9.59 Å². The van der Waals surface area contributed by atoms with Gasteiger partial charge in [-0.15, -0.1) is 12.3 Å². The van der Waals surface area contributed by atoms with Crippen LogP contribution in [0.4, 0.5) is 6.01 Å². The van der Waals surface area contributed by atoms with Crippen LogP contribution in [0.1, 0.15) is 23.8 Å². The summed E-state index contributed by atoms with van der Waals surface area (Å²) in [6, 6.07) is -1.12. The van der Waals surface area contributed by atoms with Crippen molar-refractivity contribution in [2.75, 3.05) is 11.9 Å². The molecule has 0 saturated heterocycles. The number of hydrogen-bond donors (Lipinski definition) is 2. The Morgan fingerprint density at radius 1 is 1.72 bits per heavy atom. The smallest absolute Gasteiger partial charge is 0.360 e. The SMILES string of the molecule is C#CCC(Nc1nc(C(=O)OCC)co1)C(=O)O. The molecule has 7 nitrogen and oxygen atoms in total. The van der Waals surface area contributed by atoms with Crippen LogP contribution < -0.4 is 5.32 Å². The largest absolute Gasteiger partial charge is 0.480 e. The van der Waals surface area contributed by atoms with E-state index in [-0.39, 0.29) is 24.7 Å². The number of carbonyl (C=O) groups is 2. The first-order valence-corrected chi connectivity index (χ1v) is 5.14. The third-order valence-electron chi connectivity index (χ3n) is 1.91. The van der Waals surface area contributed by atoms with Crippen molar-refractivity contribution in [2.24, 2.45) is 0 Å². The summed E-state index contributed by atoms with van der Waals surface area (Å²) in [5.74, 6) is 0.439. The van der Waals surface area contributed by atoms with Crippen LogP contribution in [-0.2, 0) is 9.53 Å². The van der Waals surface area contributed by atoms with E-state index in [4.69, 9.17) is 20.7 Å². The van der Waals surface area contributed by atoms with Crippen molar-refractivity contribution in [3.8, 4) is 12.3 Å². The first kappa shape index (κ1) is 13.6. The molecule has 0 radical (unpaired) electrons. The number of hydrogen-bond acceptors (Lipinski definition) is 6. The minimum atomic E-state index is -1.14. The highest BCUT2D eigenvalue weighted by molar-refractivity contribution is 5.87. The number of nitrogens with one attached hydrogen (secondary N) is 1. The molecular formula is C11H12N2O5. The molecule has 18 heavy (non-hydrogen) atoms. The van der Waals surface area contributed by atoms with Gasteiger partial charge in [0.25, 0.3) is 6.01 Å². The molecule has 0 spiro atoms. The van der Waals surface area contributed by atoms with E-state index in [0.29, 0.717) is 0 Å². The average molecular weight is 252 g/mol. The van der Waals surface area contributed by atoms with Crippen molar-refractivity contribution in [3.63, 3.8) is 0 Å². The van der Waals surface area contributed by atoms with Crippen molar-refractivity contribution in [3.05, 3.63) is 12.0 Å². The molecule has 1 aromatic heterocycles. The summed E-state index contributed by atoms with van der Waals surface area (Å²) in [4.78, 5) is 25.8. The predicted octanol–water partition coefficient (Wildman–Crippen LogP) is 0.740. The molecule has 0 bridgehead atoms. The number of esters is 1. The first-order chi connectivity index (χ1) is 8.58. The fourth-order valence-corrected chi connectivity index (χ4v) is 1.11. The quantitative estimate of drug-likeness (QED) is 0.568. The van der Waals surface area contributed by atoms with Gasteiger partial charge in [-0.3, -0.25) is 0 Å². The molecular weight excluding hydrogens is 240 g/mol. The topological polar surface area (TPSA) is 102 Å². The van der Waals surface area contributed by atoms with E-state index in [1.165, 1.54) is 0 Å². The third-order valence-corrected chi connectivity index (χ3v) is 1.91. The zero-order valence-corrected chi connectivity index (χ0v) is 9.67. The Hall–Kier alpha value is -2.49. The van der Waals surface area contributed by atoms with Crippen LogP contribution in [0.5, 0.6) is 0 Å². The molecule has 7 heteroatoms. The van der Waals surface area contributed by atoms with E-state index in [1.807, 2.05) is 0 Å². The maximum Gasteiger partial charge on any atom is 0.360 e. The fraction of sp³-hybridized carbons (Fsp3) is 0.364. The maximum absolute atomic E-state index is 11.3. The van der Waals surface area contributed by atoms with E-state index in [2.05, 4.69) is 16.2 Å². The van der Waals surface area contributed by atoms with Gasteiger partial charge in [-0.25, -0.2) is 9.59 Å². The molecule has 1 unspecified atom stereocenters. The number of carboxylic acids is 1. The first-order valence-electron chi connectivity index (χ1n) is 5.14. The molecule has 0 amide bonds. The Bertz CT molecular complexity index is 474. The fourth-order valence-electron chi connectivity index (χ4n) is 1.11. The number of rotatable bonds is 6. The lowest BCUT2D eigenvalue weighted by Crippen LogP contribution is -2.28. The highest BCUT2D eigenvalue weighted by atomic mass is 16.5. The number of aromatic nitrogens is 1. The van der Waals surface area contributed by atoms with Crippen LogP contribution in [0.15, 0.2) is 10.7 Å². The minimum Gasteiger partial charge on any atom is -0.480 e. The lowest BCUT2D eigenvalue weighted by Gasteiger charge is -2.08. The third kappa shape index (κ3) is 3.52. The molecule has 0 fully saturated rings. The van der Waals surface area contributed by atoms with Gasteiger partial charge in [0, 0.05) is 6.42 Å². The van der Waals surface area contributed by atoms with Gasteiger partial charge >= 0.3 is 11.9 Å². The number of carboxylic acid groups (broad SMARTS) is 1. The number of carbonyl (C=O) groups excluding carboxylic acids is 1. The molecule has 1 rings (SSSR count). The second-order valence-corrected chi connectivity index (χ2v) is 3.20. The molecule has 0 saturated carbocycles. The number of aliphatic carboxylic acids is 1. The van der Waals surface area contributed by atoms with Gasteiger partial charge in [-0.2, -0.15) is 4.98 Å². The normalized spacial score (nSPS) is 11.3. The monoisotopic (exact) mass is 252 g/mol. The molecule has 2 N–H and O–H groups in total. The Morgan fingerprint density at radius 3 is 3.00 bits per heavy atom. The summed E-state index contributed by atoms with van der Waals surface area (Å²) >= 11 is 0. The Kier molecular flexibility index (Phi) is 4.75. The van der Waals surface area contributed by atoms with Gasteiger partial charge in [0.1, 0.15) is 12.3 Å². The molecule has 1 heterocycles. The number of anilines is 1. The Labute approximate surface area is 103 Å². The summed E-state index contributed by atoms with van der Waals surface area (Å²) in [6.07, 6.45) is 6.08. The van der Waals surface area contributed by atoms with Crippen LogP contribution in [-0.4, -0.2) is 34.7 Å². The Morgan fingerprint density at radius 2 is 2.44 bits per heavy atom. The lowest BCUT2D eigenvalue weighted by molar-refractivity contribution is -0.137. The second kappa shape index (κ2) is 6.30. The maximum atomic E-state index is 11.3. The van der Waals surface area contributed by atoms with Crippen molar-refractivity contribution >= 4 is 18.0 Å². The van der Waals surface area contributed by atoms with Crippen LogP contribution >= 0.6 is 0 Å². The Balaban J connectivity index is 2.71. The lowest BCUT2D eigenvalue weighted by atomic mass is 10.2. The van der Waals surface area contributed by atoms with Crippen LogP contribution in [0, 0.1) is 12.3 Å². The molecule has 0 aliphatic carbocycles. The molecule has 1 atom stereocenters. The van der Waals surface area contributed by atoms with Gasteiger partial charge in [0.2, 0.25) is 0 Å². The van der Waals surface area contributed by atoms with E-state index in [1.54, 1.807) is 6.92 Å². The van der Waals surface area contributed by atoms with Gasteiger partial charge in [0.15, 0.2) is 5.69 Å². The summed E-state index contributed by atoms with van der Waals surface area (Å²) < 4.78 is 9.61. The number of oxazole rings is 1. The molecule has 96 valence electrons. The zero-order chi connectivity index (χ0) is 13.5. The molecule has 0 aliphatic heterocycles. The molecule has 1 aromatic rings. The van der Waals surface area contributed by atoms with Gasteiger partial charge < -0.3 is 19.6 Å². The predicted molar refractivity (Wildman–Crippen MR) is 61.0 cm³/mol. The summed E-state index contributed by atoms with van der Waals surface area (Å²) in [6.45, 7) is 1.87. The van der Waals surface area contributed by atoms with Gasteiger partial charge in [0.05, 0.1) is 6.61 Å². The number of nitrogens with zero attached hydrogens (tertiary/aromatic N) is 1. The van der Waals surface area contributed by atoms with Crippen molar-refractivity contribution < 1.29 is 23.8 Å². The van der Waals surface area contributed by atoms with Crippen LogP contribution in [0.25, 0.3) is 0 Å². The van der Waals surface area contributed by atoms with Crippen molar-refractivity contribution in [1.82, 2.24) is 4.98 Å². The number of terminal acetylenes is 1. The second-order valence-electron chi connectivity index (χ2n) is 3.20. The van der Waals surface area contributed by atoms with E-state index in [0.717, 1.165) is 6.26 Å². The molecule has 0 aliphatic rings. The zero-order valence-electron chi connectivity index (χ0n) is 9.67. The minimum absolute atomic E-state index is 0.0353. The summed E-state index contributed by atoms with van der Waals surface area (Å²) in [5, 5.41) is 11.3. The standard InChI is InChI=1S/C11H12N2O5/c1-3-5-7(9(14)15)12-11-13-8(6-18-11)10(16)17-4-2/h1,6-7H,4-5H2,2H3,(H,12,13)(H,14,15). The van der Waals surface area contributed by atoms with Crippen molar-refractivity contribution in [1.29, 1.82) is 0 Å². The number of ether oxygens (including phenoxy) is 1. The molecule has 0 aromatic carbocycles. The highest BCUT2D eigenvalue weighted by Crippen LogP contribution is 2.11. The van der Waals surface area contributed by atoms with E-state index >= 15 is 0 Å².